The number of carbonyl (C=O) groups is 1. The normalized spacial score (nSPS) is 10.5. The standard InChI is InChI=1S/C7H7N5O3S/c8-12-6(4-1-2-15-11-4)9-10-7(12)16-3-5(13)14/h1-2H,3,8H2,(H,13,14). The molecule has 0 fully saturated rings. The van der Waals surface area contributed by atoms with E-state index in [2.05, 4.69) is 19.9 Å². The van der Waals surface area contributed by atoms with Gasteiger partial charge in [-0.05, 0) is 0 Å². The zero-order chi connectivity index (χ0) is 11.5. The first kappa shape index (κ1) is 10.5. The summed E-state index contributed by atoms with van der Waals surface area (Å²) in [6, 6.07) is 1.58. The number of rotatable bonds is 4. The number of aromatic nitrogens is 4. The Bertz CT molecular complexity index is 494. The lowest BCUT2D eigenvalue weighted by molar-refractivity contribution is -0.133. The van der Waals surface area contributed by atoms with Crippen molar-refractivity contribution >= 4 is 17.7 Å². The molecule has 0 aliphatic heterocycles. The third kappa shape index (κ3) is 1.98. The van der Waals surface area contributed by atoms with Crippen LogP contribution in [0.3, 0.4) is 0 Å². The maximum atomic E-state index is 10.4. The Morgan fingerprint density at radius 2 is 2.44 bits per heavy atom. The van der Waals surface area contributed by atoms with Crippen molar-refractivity contribution in [2.75, 3.05) is 11.6 Å². The third-order valence-corrected chi connectivity index (χ3v) is 2.58. The van der Waals surface area contributed by atoms with Gasteiger partial charge in [0.2, 0.25) is 11.0 Å². The van der Waals surface area contributed by atoms with Crippen molar-refractivity contribution in [2.24, 2.45) is 0 Å². The number of nitrogen functional groups attached to an aromatic ring is 1. The van der Waals surface area contributed by atoms with Crippen LogP contribution in [0.4, 0.5) is 0 Å². The SMILES string of the molecule is Nn1c(SCC(=O)O)nnc1-c1ccon1. The summed E-state index contributed by atoms with van der Waals surface area (Å²) in [5.41, 5.74) is 0.442. The lowest BCUT2D eigenvalue weighted by Gasteiger charge is -1.99. The van der Waals surface area contributed by atoms with E-state index in [9.17, 15) is 4.79 Å². The average molecular weight is 241 g/mol. The molecular formula is C7H7N5O3S. The summed E-state index contributed by atoms with van der Waals surface area (Å²) in [6.07, 6.45) is 1.38. The minimum atomic E-state index is -0.948. The minimum Gasteiger partial charge on any atom is -0.481 e. The van der Waals surface area contributed by atoms with Crippen molar-refractivity contribution in [2.45, 2.75) is 5.16 Å². The summed E-state index contributed by atoms with van der Waals surface area (Å²) < 4.78 is 5.82. The van der Waals surface area contributed by atoms with Crippen LogP contribution in [0.2, 0.25) is 0 Å². The van der Waals surface area contributed by atoms with Crippen LogP contribution in [0.1, 0.15) is 0 Å². The van der Waals surface area contributed by atoms with Gasteiger partial charge in [0.25, 0.3) is 0 Å². The van der Waals surface area contributed by atoms with Crippen molar-refractivity contribution in [3.63, 3.8) is 0 Å². The van der Waals surface area contributed by atoms with E-state index in [1.807, 2.05) is 0 Å². The summed E-state index contributed by atoms with van der Waals surface area (Å²) in [6.45, 7) is 0. The quantitative estimate of drug-likeness (QED) is 0.558. The molecule has 0 saturated heterocycles. The van der Waals surface area contributed by atoms with Crippen LogP contribution in [0, 0.1) is 0 Å². The topological polar surface area (TPSA) is 120 Å². The van der Waals surface area contributed by atoms with E-state index in [1.165, 1.54) is 10.9 Å². The minimum absolute atomic E-state index is 0.131. The molecule has 0 saturated carbocycles. The molecular weight excluding hydrogens is 234 g/mol. The molecule has 8 nitrogen and oxygen atoms in total. The maximum absolute atomic E-state index is 10.4. The highest BCUT2D eigenvalue weighted by atomic mass is 32.2. The molecule has 2 heterocycles. The summed E-state index contributed by atoms with van der Waals surface area (Å²) in [4.78, 5) is 10.4. The molecule has 84 valence electrons. The highest BCUT2D eigenvalue weighted by Gasteiger charge is 2.14. The molecule has 0 atom stereocenters. The largest absolute Gasteiger partial charge is 0.481 e. The number of aliphatic carboxylic acids is 1. The number of hydrogen-bond donors (Lipinski definition) is 2. The fourth-order valence-corrected chi connectivity index (χ4v) is 1.58. The lowest BCUT2D eigenvalue weighted by Crippen LogP contribution is -2.12. The number of nitrogens with zero attached hydrogens (tertiary/aromatic N) is 4. The second-order valence-electron chi connectivity index (χ2n) is 2.74. The van der Waals surface area contributed by atoms with Crippen LogP contribution < -0.4 is 5.84 Å². The van der Waals surface area contributed by atoms with E-state index >= 15 is 0 Å². The molecule has 0 bridgehead atoms. The summed E-state index contributed by atoms with van der Waals surface area (Å²) in [7, 11) is 0. The summed E-state index contributed by atoms with van der Waals surface area (Å²) in [5, 5.41) is 20.0. The molecule has 16 heavy (non-hydrogen) atoms. The molecule has 2 aromatic heterocycles. The van der Waals surface area contributed by atoms with Crippen LogP contribution >= 0.6 is 11.8 Å². The van der Waals surface area contributed by atoms with E-state index < -0.39 is 5.97 Å². The highest BCUT2D eigenvalue weighted by Crippen LogP contribution is 2.19. The van der Waals surface area contributed by atoms with Gasteiger partial charge in [-0.3, -0.25) is 4.79 Å². The fraction of sp³-hybridized carbons (Fsp3) is 0.143. The molecule has 0 aromatic carbocycles. The monoisotopic (exact) mass is 241 g/mol. The Labute approximate surface area is 93.4 Å². The van der Waals surface area contributed by atoms with Gasteiger partial charge in [-0.25, -0.2) is 4.68 Å². The average Bonchev–Trinajstić information content (AvgIpc) is 2.84. The smallest absolute Gasteiger partial charge is 0.313 e. The second kappa shape index (κ2) is 4.23. The Morgan fingerprint density at radius 3 is 3.06 bits per heavy atom. The molecule has 2 rings (SSSR count). The van der Waals surface area contributed by atoms with Crippen LogP contribution in [0.15, 0.2) is 22.0 Å². The zero-order valence-electron chi connectivity index (χ0n) is 7.90. The first-order valence-electron chi connectivity index (χ1n) is 4.14. The van der Waals surface area contributed by atoms with Crippen LogP contribution in [-0.2, 0) is 4.79 Å². The molecule has 3 N–H and O–H groups in total. The van der Waals surface area contributed by atoms with E-state index in [4.69, 9.17) is 10.9 Å². The van der Waals surface area contributed by atoms with Crippen LogP contribution in [0.25, 0.3) is 11.5 Å². The Morgan fingerprint density at radius 1 is 1.62 bits per heavy atom. The van der Waals surface area contributed by atoms with Gasteiger partial charge in [-0.15, -0.1) is 10.2 Å². The second-order valence-corrected chi connectivity index (χ2v) is 3.69. The van der Waals surface area contributed by atoms with Gasteiger partial charge in [0.15, 0.2) is 5.69 Å². The highest BCUT2D eigenvalue weighted by molar-refractivity contribution is 7.99. The Balaban J connectivity index is 2.21. The predicted octanol–water partition coefficient (Wildman–Crippen LogP) is -0.176. The predicted molar refractivity (Wildman–Crippen MR) is 54.0 cm³/mol. The molecule has 2 aromatic rings. The lowest BCUT2D eigenvalue weighted by atomic mass is 10.4. The van der Waals surface area contributed by atoms with Crippen LogP contribution in [-0.4, -0.2) is 36.9 Å². The van der Waals surface area contributed by atoms with Crippen molar-refractivity contribution in [3.8, 4) is 11.5 Å². The molecule has 0 aliphatic carbocycles. The van der Waals surface area contributed by atoms with Gasteiger partial charge in [0, 0.05) is 6.07 Å². The van der Waals surface area contributed by atoms with E-state index in [1.54, 1.807) is 6.07 Å². The number of hydrogen-bond acceptors (Lipinski definition) is 7. The van der Waals surface area contributed by atoms with E-state index in [-0.39, 0.29) is 5.75 Å². The molecule has 0 aliphatic rings. The van der Waals surface area contributed by atoms with Crippen molar-refractivity contribution < 1.29 is 14.4 Å². The van der Waals surface area contributed by atoms with E-state index in [0.29, 0.717) is 16.7 Å². The van der Waals surface area contributed by atoms with Gasteiger partial charge in [0.1, 0.15) is 6.26 Å². The summed E-state index contributed by atoms with van der Waals surface area (Å²) >= 11 is 0.980. The first-order valence-corrected chi connectivity index (χ1v) is 5.13. The number of carboxylic acids is 1. The van der Waals surface area contributed by atoms with Gasteiger partial charge in [-0.1, -0.05) is 16.9 Å². The molecule has 0 radical (unpaired) electrons. The van der Waals surface area contributed by atoms with Crippen LogP contribution in [0.5, 0.6) is 0 Å². The molecule has 0 amide bonds. The van der Waals surface area contributed by atoms with Gasteiger partial charge >= 0.3 is 5.97 Å². The number of carboxylic acid groups (broad SMARTS) is 1. The van der Waals surface area contributed by atoms with Crippen molar-refractivity contribution in [3.05, 3.63) is 12.3 Å². The summed E-state index contributed by atoms with van der Waals surface area (Å²) in [5.74, 6) is 4.92. The number of nitrogens with two attached hydrogens (primary N) is 1. The molecule has 9 heteroatoms. The maximum Gasteiger partial charge on any atom is 0.313 e. The van der Waals surface area contributed by atoms with Gasteiger partial charge < -0.3 is 15.5 Å². The first-order chi connectivity index (χ1) is 7.68. The Hall–Kier alpha value is -2.03. The van der Waals surface area contributed by atoms with Gasteiger partial charge in [0.05, 0.1) is 5.75 Å². The Kier molecular flexibility index (Phi) is 2.77. The van der Waals surface area contributed by atoms with Crippen molar-refractivity contribution in [1.29, 1.82) is 0 Å². The third-order valence-electron chi connectivity index (χ3n) is 1.66. The fourth-order valence-electron chi connectivity index (χ4n) is 1.00. The van der Waals surface area contributed by atoms with Gasteiger partial charge in [-0.2, -0.15) is 0 Å². The molecule has 0 spiro atoms. The molecule has 0 unspecified atom stereocenters. The van der Waals surface area contributed by atoms with E-state index in [0.717, 1.165) is 11.8 Å². The van der Waals surface area contributed by atoms with Crippen molar-refractivity contribution in [1.82, 2.24) is 20.0 Å². The zero-order valence-corrected chi connectivity index (χ0v) is 8.72. The number of thioether (sulfide) groups is 1.